The first-order valence-corrected chi connectivity index (χ1v) is 8.68. The lowest BCUT2D eigenvalue weighted by Crippen LogP contribution is -2.38. The highest BCUT2D eigenvalue weighted by molar-refractivity contribution is 7.90. The molecule has 1 saturated heterocycles. The molecule has 0 aliphatic carbocycles. The summed E-state index contributed by atoms with van der Waals surface area (Å²) in [6, 6.07) is 6.42. The van der Waals surface area contributed by atoms with Crippen LogP contribution in [0.2, 0.25) is 0 Å². The summed E-state index contributed by atoms with van der Waals surface area (Å²) in [5.74, 6) is -0.0776. The number of carbonyl (C=O) groups is 1. The minimum absolute atomic E-state index is 0.0776. The van der Waals surface area contributed by atoms with Crippen LogP contribution in [0, 0.1) is 0 Å². The van der Waals surface area contributed by atoms with Crippen molar-refractivity contribution in [3.63, 3.8) is 0 Å². The summed E-state index contributed by atoms with van der Waals surface area (Å²) in [5.41, 5.74) is 2.76. The Morgan fingerprint density at radius 3 is 2.24 bits per heavy atom. The summed E-state index contributed by atoms with van der Waals surface area (Å²) in [5, 5.41) is 6.04. The first kappa shape index (κ1) is 15.7. The third kappa shape index (κ3) is 3.71. The predicted molar refractivity (Wildman–Crippen MR) is 81.7 cm³/mol. The number of hydrogen-bond acceptors (Lipinski definition) is 4. The molecular weight excluding hydrogens is 288 g/mol. The van der Waals surface area contributed by atoms with Crippen molar-refractivity contribution in [2.75, 3.05) is 19.3 Å². The van der Waals surface area contributed by atoms with Gasteiger partial charge in [0.25, 0.3) is 0 Å². The van der Waals surface area contributed by atoms with Gasteiger partial charge in [-0.05, 0) is 37.1 Å². The van der Waals surface area contributed by atoms with Gasteiger partial charge in [0.1, 0.15) is 0 Å². The Labute approximate surface area is 125 Å². The smallest absolute Gasteiger partial charge is 0.247 e. The highest BCUT2D eigenvalue weighted by Gasteiger charge is 2.18. The zero-order valence-corrected chi connectivity index (χ0v) is 13.3. The number of amides is 1. The van der Waals surface area contributed by atoms with Crippen LogP contribution < -0.4 is 10.6 Å². The van der Waals surface area contributed by atoms with Gasteiger partial charge in [-0.3, -0.25) is 4.79 Å². The summed E-state index contributed by atoms with van der Waals surface area (Å²) < 4.78 is 22.8. The van der Waals surface area contributed by atoms with E-state index in [-0.39, 0.29) is 16.8 Å². The molecule has 2 N–H and O–H groups in total. The Morgan fingerprint density at radius 2 is 1.81 bits per heavy atom. The molecule has 1 fully saturated rings. The van der Waals surface area contributed by atoms with Gasteiger partial charge >= 0.3 is 0 Å². The molecule has 0 aromatic heterocycles. The quantitative estimate of drug-likeness (QED) is 0.819. The van der Waals surface area contributed by atoms with Crippen molar-refractivity contribution in [1.29, 1.82) is 0 Å². The van der Waals surface area contributed by atoms with Crippen molar-refractivity contribution in [2.45, 2.75) is 24.8 Å². The van der Waals surface area contributed by atoms with Crippen LogP contribution in [0.3, 0.4) is 0 Å². The van der Waals surface area contributed by atoms with Crippen molar-refractivity contribution in [3.05, 3.63) is 41.0 Å². The summed E-state index contributed by atoms with van der Waals surface area (Å²) in [6.45, 7) is 5.25. The van der Waals surface area contributed by atoms with E-state index in [0.717, 1.165) is 29.8 Å². The Kier molecular flexibility index (Phi) is 4.49. The van der Waals surface area contributed by atoms with E-state index in [1.807, 2.05) is 13.8 Å². The van der Waals surface area contributed by atoms with E-state index in [1.165, 1.54) is 6.26 Å². The van der Waals surface area contributed by atoms with E-state index >= 15 is 0 Å². The Morgan fingerprint density at radius 1 is 1.24 bits per heavy atom. The lowest BCUT2D eigenvalue weighted by molar-refractivity contribution is -0.118. The van der Waals surface area contributed by atoms with Crippen LogP contribution in [-0.2, 0) is 14.6 Å². The minimum Gasteiger partial charge on any atom is -0.346 e. The number of hydrogen-bond donors (Lipinski definition) is 2. The monoisotopic (exact) mass is 308 g/mol. The van der Waals surface area contributed by atoms with Gasteiger partial charge in [-0.2, -0.15) is 0 Å². The molecule has 0 bridgehead atoms. The fraction of sp³-hybridized carbons (Fsp3) is 0.400. The zero-order valence-electron chi connectivity index (χ0n) is 12.4. The summed E-state index contributed by atoms with van der Waals surface area (Å²) in [7, 11) is -3.19. The topological polar surface area (TPSA) is 75.3 Å². The van der Waals surface area contributed by atoms with Gasteiger partial charge in [0, 0.05) is 24.9 Å². The average Bonchev–Trinajstić information content (AvgIpc) is 2.35. The van der Waals surface area contributed by atoms with Crippen molar-refractivity contribution in [2.24, 2.45) is 0 Å². The third-order valence-electron chi connectivity index (χ3n) is 3.70. The second-order valence-electron chi connectivity index (χ2n) is 5.37. The molecule has 0 saturated carbocycles. The zero-order chi connectivity index (χ0) is 15.6. The number of sulfone groups is 1. The van der Waals surface area contributed by atoms with E-state index < -0.39 is 9.84 Å². The van der Waals surface area contributed by atoms with Gasteiger partial charge in [0.15, 0.2) is 9.84 Å². The van der Waals surface area contributed by atoms with Gasteiger partial charge in [-0.25, -0.2) is 8.42 Å². The fourth-order valence-electron chi connectivity index (χ4n) is 2.07. The van der Waals surface area contributed by atoms with E-state index in [9.17, 15) is 13.2 Å². The molecule has 1 aromatic carbocycles. The lowest BCUT2D eigenvalue weighted by atomic mass is 10.0. The van der Waals surface area contributed by atoms with Gasteiger partial charge in [0.05, 0.1) is 10.9 Å². The van der Waals surface area contributed by atoms with E-state index in [4.69, 9.17) is 0 Å². The number of benzene rings is 1. The maximum atomic E-state index is 12.1. The van der Waals surface area contributed by atoms with Gasteiger partial charge in [0.2, 0.25) is 5.91 Å². The van der Waals surface area contributed by atoms with E-state index in [0.29, 0.717) is 0 Å². The highest BCUT2D eigenvalue weighted by Crippen LogP contribution is 2.17. The minimum atomic E-state index is -3.19. The van der Waals surface area contributed by atoms with Crippen LogP contribution in [0.5, 0.6) is 0 Å². The van der Waals surface area contributed by atoms with E-state index in [1.54, 1.807) is 24.3 Å². The first-order valence-electron chi connectivity index (χ1n) is 6.79. The lowest BCUT2D eigenvalue weighted by Gasteiger charge is -2.22. The second-order valence-corrected chi connectivity index (χ2v) is 7.38. The van der Waals surface area contributed by atoms with Crippen LogP contribution in [0.1, 0.15) is 25.5 Å². The first-order chi connectivity index (χ1) is 9.79. The third-order valence-corrected chi connectivity index (χ3v) is 4.83. The molecule has 1 heterocycles. The molecule has 1 aliphatic heterocycles. The van der Waals surface area contributed by atoms with Gasteiger partial charge < -0.3 is 10.6 Å². The Balaban J connectivity index is 2.07. The van der Waals surface area contributed by atoms with Crippen molar-refractivity contribution >= 4 is 15.7 Å². The summed E-state index contributed by atoms with van der Waals surface area (Å²) in [6.07, 6.45) is 1.18. The molecule has 21 heavy (non-hydrogen) atoms. The molecule has 1 aromatic rings. The van der Waals surface area contributed by atoms with Crippen molar-refractivity contribution < 1.29 is 13.2 Å². The molecular formula is C15H20N2O3S. The maximum Gasteiger partial charge on any atom is 0.247 e. The van der Waals surface area contributed by atoms with Crippen LogP contribution >= 0.6 is 0 Å². The van der Waals surface area contributed by atoms with Crippen LogP contribution in [-0.4, -0.2) is 33.7 Å². The van der Waals surface area contributed by atoms with Crippen LogP contribution in [0.25, 0.3) is 0 Å². The van der Waals surface area contributed by atoms with E-state index in [2.05, 4.69) is 10.6 Å². The molecule has 0 radical (unpaired) electrons. The molecule has 2 rings (SSSR count). The predicted octanol–water partition coefficient (Wildman–Crippen LogP) is 1.19. The van der Waals surface area contributed by atoms with Gasteiger partial charge in [-0.15, -0.1) is 0 Å². The van der Waals surface area contributed by atoms with Gasteiger partial charge in [-0.1, -0.05) is 12.1 Å². The molecule has 1 unspecified atom stereocenters. The van der Waals surface area contributed by atoms with Crippen LogP contribution in [0.15, 0.2) is 40.3 Å². The number of nitrogens with one attached hydrogen (secondary N) is 2. The molecule has 6 heteroatoms. The average molecular weight is 308 g/mol. The molecule has 114 valence electrons. The molecule has 1 aliphatic rings. The Hall–Kier alpha value is -1.66. The molecule has 1 amide bonds. The number of carbonyl (C=O) groups excluding carboxylic acids is 1. The standard InChI is InChI=1S/C15H20N2O3S/c1-10(13-8-16-9-13)15(18)17-11(2)12-4-6-14(7-5-12)21(3,19)20/h4-7,11,16H,8-9H2,1-3H3,(H,17,18). The molecule has 5 nitrogen and oxygen atoms in total. The van der Waals surface area contributed by atoms with Crippen molar-refractivity contribution in [3.8, 4) is 0 Å². The molecule has 0 spiro atoms. The largest absolute Gasteiger partial charge is 0.346 e. The SMILES string of the molecule is CC(C(=O)NC(C)c1ccc(S(C)(=O)=O)cc1)=C1CNC1. The normalized spacial score (nSPS) is 16.0. The van der Waals surface area contributed by atoms with Crippen molar-refractivity contribution in [1.82, 2.24) is 10.6 Å². The maximum absolute atomic E-state index is 12.1. The summed E-state index contributed by atoms with van der Waals surface area (Å²) in [4.78, 5) is 12.4. The number of rotatable bonds is 4. The molecule has 1 atom stereocenters. The highest BCUT2D eigenvalue weighted by atomic mass is 32.2. The van der Waals surface area contributed by atoms with Crippen LogP contribution in [0.4, 0.5) is 0 Å². The summed E-state index contributed by atoms with van der Waals surface area (Å²) >= 11 is 0. The fourth-order valence-corrected chi connectivity index (χ4v) is 2.70. The second kappa shape index (κ2) is 5.99. The Bertz CT molecular complexity index is 669.